The maximum Gasteiger partial charge on any atom is 0.252 e. The van der Waals surface area contributed by atoms with E-state index >= 15 is 0 Å². The number of nitrogens with zero attached hydrogens (tertiary/aromatic N) is 3. The summed E-state index contributed by atoms with van der Waals surface area (Å²) in [4.78, 5) is 13.8. The monoisotopic (exact) mass is 196 g/mol. The summed E-state index contributed by atoms with van der Waals surface area (Å²) in [7, 11) is 0. The zero-order chi connectivity index (χ0) is 10.3. The largest absolute Gasteiger partial charge is 0.323 e. The van der Waals surface area contributed by atoms with Gasteiger partial charge in [-0.3, -0.25) is 10.1 Å². The second kappa shape index (κ2) is 3.02. The SMILES string of the molecule is CC(C)(C)N1CNC2CN=NC2C1=O. The summed E-state index contributed by atoms with van der Waals surface area (Å²) in [5.74, 6) is 0.0995. The van der Waals surface area contributed by atoms with E-state index in [0.29, 0.717) is 13.2 Å². The molecule has 0 aromatic carbocycles. The molecule has 0 saturated carbocycles. The minimum Gasteiger partial charge on any atom is -0.323 e. The molecule has 2 atom stereocenters. The highest BCUT2D eigenvalue weighted by Gasteiger charge is 2.42. The van der Waals surface area contributed by atoms with Crippen LogP contribution in [0.5, 0.6) is 0 Å². The Morgan fingerprint density at radius 1 is 1.50 bits per heavy atom. The van der Waals surface area contributed by atoms with E-state index in [4.69, 9.17) is 0 Å². The first-order valence-corrected chi connectivity index (χ1v) is 4.91. The molecular weight excluding hydrogens is 180 g/mol. The van der Waals surface area contributed by atoms with Gasteiger partial charge in [-0.2, -0.15) is 10.2 Å². The number of rotatable bonds is 0. The van der Waals surface area contributed by atoms with Crippen molar-refractivity contribution >= 4 is 5.91 Å². The van der Waals surface area contributed by atoms with Gasteiger partial charge in [-0.1, -0.05) is 0 Å². The molecule has 0 aromatic rings. The average molecular weight is 196 g/mol. The van der Waals surface area contributed by atoms with Gasteiger partial charge in [-0.05, 0) is 20.8 Å². The molecule has 0 bridgehead atoms. The van der Waals surface area contributed by atoms with Crippen molar-refractivity contribution in [3.8, 4) is 0 Å². The quantitative estimate of drug-likeness (QED) is 0.609. The molecule has 1 saturated heterocycles. The van der Waals surface area contributed by atoms with Gasteiger partial charge < -0.3 is 4.90 Å². The second-order valence-electron chi connectivity index (χ2n) is 4.79. The minimum atomic E-state index is -0.289. The number of fused-ring (bicyclic) bond motifs is 1. The Labute approximate surface area is 83.6 Å². The molecule has 0 radical (unpaired) electrons. The molecule has 2 rings (SSSR count). The average Bonchev–Trinajstić information content (AvgIpc) is 2.50. The van der Waals surface area contributed by atoms with Crippen LogP contribution in [-0.4, -0.2) is 41.6 Å². The van der Waals surface area contributed by atoms with Crippen molar-refractivity contribution < 1.29 is 4.79 Å². The van der Waals surface area contributed by atoms with Gasteiger partial charge in [0.05, 0.1) is 19.3 Å². The van der Waals surface area contributed by atoms with Crippen molar-refractivity contribution in [3.05, 3.63) is 0 Å². The van der Waals surface area contributed by atoms with Crippen molar-refractivity contribution in [2.75, 3.05) is 13.2 Å². The van der Waals surface area contributed by atoms with Crippen LogP contribution < -0.4 is 5.32 Å². The van der Waals surface area contributed by atoms with E-state index in [1.165, 1.54) is 0 Å². The van der Waals surface area contributed by atoms with Crippen LogP contribution in [0, 0.1) is 0 Å². The lowest BCUT2D eigenvalue weighted by atomic mass is 10.0. The molecule has 1 N–H and O–H groups in total. The standard InChI is InChI=1S/C9H16N4O/c1-9(2,3)13-5-10-6-4-11-12-7(6)8(13)14/h6-7,10H,4-5H2,1-3H3. The minimum absolute atomic E-state index is 0.0995. The molecule has 5 nitrogen and oxygen atoms in total. The van der Waals surface area contributed by atoms with Crippen LogP contribution in [0.1, 0.15) is 20.8 Å². The first-order valence-electron chi connectivity index (χ1n) is 4.91. The first-order chi connectivity index (χ1) is 6.50. The Hall–Kier alpha value is -0.970. The Kier molecular flexibility index (Phi) is 2.06. The summed E-state index contributed by atoms with van der Waals surface area (Å²) in [6.45, 7) is 7.32. The lowest BCUT2D eigenvalue weighted by Gasteiger charge is -2.41. The summed E-state index contributed by atoms with van der Waals surface area (Å²) >= 11 is 0. The number of hydrogen-bond acceptors (Lipinski definition) is 4. The third kappa shape index (κ3) is 1.41. The van der Waals surface area contributed by atoms with E-state index < -0.39 is 0 Å². The van der Waals surface area contributed by atoms with Crippen molar-refractivity contribution in [1.82, 2.24) is 10.2 Å². The zero-order valence-electron chi connectivity index (χ0n) is 8.82. The van der Waals surface area contributed by atoms with Gasteiger partial charge in [0.1, 0.15) is 0 Å². The maximum atomic E-state index is 12.0. The highest BCUT2D eigenvalue weighted by atomic mass is 16.2. The van der Waals surface area contributed by atoms with Crippen LogP contribution in [0.25, 0.3) is 0 Å². The Morgan fingerprint density at radius 3 is 2.86 bits per heavy atom. The van der Waals surface area contributed by atoms with E-state index in [2.05, 4.69) is 15.5 Å². The molecule has 1 amide bonds. The summed E-state index contributed by atoms with van der Waals surface area (Å²) in [5.41, 5.74) is -0.146. The van der Waals surface area contributed by atoms with Crippen molar-refractivity contribution in [2.45, 2.75) is 38.4 Å². The first kappa shape index (κ1) is 9.58. The number of nitrogens with one attached hydrogen (secondary N) is 1. The summed E-state index contributed by atoms with van der Waals surface area (Å²) in [5, 5.41) is 11.2. The lowest BCUT2D eigenvalue weighted by molar-refractivity contribution is -0.141. The van der Waals surface area contributed by atoms with E-state index in [9.17, 15) is 4.79 Å². The van der Waals surface area contributed by atoms with Gasteiger partial charge in [0, 0.05) is 5.54 Å². The van der Waals surface area contributed by atoms with Gasteiger partial charge in [0.15, 0.2) is 6.04 Å². The number of amides is 1. The topological polar surface area (TPSA) is 57.1 Å². The van der Waals surface area contributed by atoms with Crippen molar-refractivity contribution in [2.24, 2.45) is 10.2 Å². The van der Waals surface area contributed by atoms with Crippen LogP contribution in [0.3, 0.4) is 0 Å². The van der Waals surface area contributed by atoms with E-state index in [0.717, 1.165) is 0 Å². The fourth-order valence-electron chi connectivity index (χ4n) is 1.81. The van der Waals surface area contributed by atoms with Crippen LogP contribution in [0.2, 0.25) is 0 Å². The molecule has 0 aliphatic carbocycles. The fraction of sp³-hybridized carbons (Fsp3) is 0.889. The molecule has 78 valence electrons. The fourth-order valence-corrected chi connectivity index (χ4v) is 1.81. The smallest absolute Gasteiger partial charge is 0.252 e. The molecule has 0 spiro atoms. The predicted octanol–water partition coefficient (Wildman–Crippen LogP) is 0.377. The van der Waals surface area contributed by atoms with Gasteiger partial charge in [0.25, 0.3) is 5.91 Å². The summed E-state index contributed by atoms with van der Waals surface area (Å²) in [6.07, 6.45) is 0. The van der Waals surface area contributed by atoms with E-state index in [1.54, 1.807) is 0 Å². The second-order valence-corrected chi connectivity index (χ2v) is 4.79. The zero-order valence-corrected chi connectivity index (χ0v) is 8.82. The number of carbonyl (C=O) groups is 1. The Morgan fingerprint density at radius 2 is 2.21 bits per heavy atom. The molecule has 14 heavy (non-hydrogen) atoms. The third-order valence-corrected chi connectivity index (χ3v) is 2.71. The van der Waals surface area contributed by atoms with Gasteiger partial charge in [-0.25, -0.2) is 0 Å². The van der Waals surface area contributed by atoms with Crippen LogP contribution in [0.4, 0.5) is 0 Å². The van der Waals surface area contributed by atoms with Gasteiger partial charge in [-0.15, -0.1) is 0 Å². The molecule has 5 heteroatoms. The highest BCUT2D eigenvalue weighted by Crippen LogP contribution is 2.22. The summed E-state index contributed by atoms with van der Waals surface area (Å²) < 4.78 is 0. The number of hydrogen-bond donors (Lipinski definition) is 1. The van der Waals surface area contributed by atoms with Crippen molar-refractivity contribution in [3.63, 3.8) is 0 Å². The number of carbonyl (C=O) groups excluding carboxylic acids is 1. The molecule has 1 fully saturated rings. The molecule has 2 aliphatic rings. The Bertz CT molecular complexity index is 281. The predicted molar refractivity (Wildman–Crippen MR) is 51.9 cm³/mol. The van der Waals surface area contributed by atoms with Crippen LogP contribution in [-0.2, 0) is 4.79 Å². The van der Waals surface area contributed by atoms with Gasteiger partial charge in [0.2, 0.25) is 0 Å². The molecular formula is C9H16N4O. The highest BCUT2D eigenvalue weighted by molar-refractivity contribution is 5.84. The van der Waals surface area contributed by atoms with E-state index in [1.807, 2.05) is 25.7 Å². The maximum absolute atomic E-state index is 12.0. The molecule has 2 aliphatic heterocycles. The molecule has 2 unspecified atom stereocenters. The third-order valence-electron chi connectivity index (χ3n) is 2.71. The van der Waals surface area contributed by atoms with Crippen LogP contribution >= 0.6 is 0 Å². The van der Waals surface area contributed by atoms with E-state index in [-0.39, 0.29) is 23.5 Å². The number of azo groups is 1. The molecule has 2 heterocycles. The summed E-state index contributed by atoms with van der Waals surface area (Å²) in [6, 6.07) is -0.163. The Balaban J connectivity index is 2.17. The van der Waals surface area contributed by atoms with Gasteiger partial charge >= 0.3 is 0 Å². The normalized spacial score (nSPS) is 32.2. The van der Waals surface area contributed by atoms with Crippen molar-refractivity contribution in [1.29, 1.82) is 0 Å². The molecule has 0 aromatic heterocycles. The van der Waals surface area contributed by atoms with Crippen LogP contribution in [0.15, 0.2) is 10.2 Å². The lowest BCUT2D eigenvalue weighted by Crippen LogP contribution is -2.63.